The van der Waals surface area contributed by atoms with Gasteiger partial charge in [0.05, 0.1) is 16.5 Å². The maximum absolute atomic E-state index is 11.9. The molecule has 22 heavy (non-hydrogen) atoms. The van der Waals surface area contributed by atoms with Gasteiger partial charge < -0.3 is 5.32 Å². The predicted octanol–water partition coefficient (Wildman–Crippen LogP) is 3.04. The molecule has 0 saturated carbocycles. The van der Waals surface area contributed by atoms with E-state index in [0.29, 0.717) is 11.6 Å². The number of carbonyl (C=O) groups is 1. The summed E-state index contributed by atoms with van der Waals surface area (Å²) in [6, 6.07) is 10.1. The topological polar surface area (TPSA) is 70.7 Å². The van der Waals surface area contributed by atoms with Crippen LogP contribution in [0.25, 0.3) is 10.9 Å². The number of hydrogen-bond donors (Lipinski definition) is 2. The Balaban J connectivity index is 1.94. The van der Waals surface area contributed by atoms with E-state index in [1.807, 2.05) is 37.4 Å². The molecule has 1 aromatic carbocycles. The number of aromatic amines is 1. The summed E-state index contributed by atoms with van der Waals surface area (Å²) in [5, 5.41) is 11.3. The first-order valence-corrected chi connectivity index (χ1v) is 8.09. The number of nitrogens with one attached hydrogen (secondary N) is 2. The van der Waals surface area contributed by atoms with Crippen LogP contribution in [0.15, 0.2) is 36.5 Å². The van der Waals surface area contributed by atoms with Gasteiger partial charge in [-0.05, 0) is 24.6 Å². The van der Waals surface area contributed by atoms with E-state index in [9.17, 15) is 4.79 Å². The first-order valence-electron chi connectivity index (χ1n) is 7.04. The molecule has 6 heteroatoms. The molecule has 1 amide bonds. The number of para-hydroxylation sites is 1. The van der Waals surface area contributed by atoms with Gasteiger partial charge in [-0.15, -0.1) is 11.8 Å². The van der Waals surface area contributed by atoms with Gasteiger partial charge in [0.25, 0.3) is 0 Å². The zero-order chi connectivity index (χ0) is 15.1. The normalized spacial score (nSPS) is 17.9. The molecule has 0 bridgehead atoms. The van der Waals surface area contributed by atoms with E-state index in [1.54, 1.807) is 11.8 Å². The average Bonchev–Trinajstić information content (AvgIpc) is 2.79. The van der Waals surface area contributed by atoms with Crippen LogP contribution in [-0.4, -0.2) is 26.8 Å². The van der Waals surface area contributed by atoms with Gasteiger partial charge in [0.2, 0.25) is 5.91 Å². The summed E-state index contributed by atoms with van der Waals surface area (Å²) in [6.07, 6.45) is 1.83. The number of carbonyl (C=O) groups excluding carboxylic acids is 1. The molecule has 3 aromatic rings. The fourth-order valence-corrected chi connectivity index (χ4v) is 4.09. The van der Waals surface area contributed by atoms with Crippen molar-refractivity contribution in [3.63, 3.8) is 0 Å². The van der Waals surface area contributed by atoms with E-state index in [0.717, 1.165) is 27.7 Å². The SMILES string of the molecule is Cc1[nH]nc2c1C(c1ccnc3ccccc13)SCC(=O)N2. The van der Waals surface area contributed by atoms with Crippen molar-refractivity contribution in [1.82, 2.24) is 15.2 Å². The summed E-state index contributed by atoms with van der Waals surface area (Å²) in [6.45, 7) is 1.99. The fourth-order valence-electron chi connectivity index (χ4n) is 2.86. The zero-order valence-corrected chi connectivity index (χ0v) is 12.8. The number of rotatable bonds is 1. The van der Waals surface area contributed by atoms with Crippen LogP contribution in [0.4, 0.5) is 5.82 Å². The highest BCUT2D eigenvalue weighted by molar-refractivity contribution is 8.00. The number of amides is 1. The number of thioether (sulfide) groups is 1. The van der Waals surface area contributed by atoms with Crippen molar-refractivity contribution >= 4 is 34.4 Å². The Morgan fingerprint density at radius 3 is 3.05 bits per heavy atom. The number of anilines is 1. The van der Waals surface area contributed by atoms with Crippen LogP contribution < -0.4 is 5.32 Å². The van der Waals surface area contributed by atoms with Crippen LogP contribution in [0.1, 0.15) is 22.1 Å². The summed E-state index contributed by atoms with van der Waals surface area (Å²) in [5.74, 6) is 1.04. The van der Waals surface area contributed by atoms with Crippen LogP contribution in [0.5, 0.6) is 0 Å². The number of H-pyrrole nitrogens is 1. The fraction of sp³-hybridized carbons (Fsp3) is 0.188. The zero-order valence-electron chi connectivity index (χ0n) is 12.0. The lowest BCUT2D eigenvalue weighted by molar-refractivity contribution is -0.113. The van der Waals surface area contributed by atoms with Crippen molar-refractivity contribution in [2.24, 2.45) is 0 Å². The molecule has 0 aliphatic carbocycles. The third-order valence-electron chi connectivity index (χ3n) is 3.86. The summed E-state index contributed by atoms with van der Waals surface area (Å²) in [7, 11) is 0. The van der Waals surface area contributed by atoms with E-state index in [1.165, 1.54) is 0 Å². The molecule has 2 N–H and O–H groups in total. The highest BCUT2D eigenvalue weighted by Gasteiger charge is 2.29. The predicted molar refractivity (Wildman–Crippen MR) is 88.0 cm³/mol. The lowest BCUT2D eigenvalue weighted by Gasteiger charge is -2.17. The molecule has 0 spiro atoms. The number of pyridine rings is 1. The molecule has 1 aliphatic rings. The molecule has 1 aliphatic heterocycles. The van der Waals surface area contributed by atoms with Gasteiger partial charge in [-0.3, -0.25) is 14.9 Å². The first-order chi connectivity index (χ1) is 10.7. The van der Waals surface area contributed by atoms with Gasteiger partial charge >= 0.3 is 0 Å². The minimum Gasteiger partial charge on any atom is -0.308 e. The molecular formula is C16H14N4OS. The third kappa shape index (κ3) is 2.07. The molecular weight excluding hydrogens is 296 g/mol. The largest absolute Gasteiger partial charge is 0.308 e. The number of benzene rings is 1. The summed E-state index contributed by atoms with van der Waals surface area (Å²) < 4.78 is 0. The number of aromatic nitrogens is 3. The van der Waals surface area contributed by atoms with Crippen molar-refractivity contribution in [3.05, 3.63) is 53.3 Å². The smallest absolute Gasteiger partial charge is 0.235 e. The Kier molecular flexibility index (Phi) is 3.11. The Bertz CT molecular complexity index is 868. The number of hydrogen-bond acceptors (Lipinski definition) is 4. The number of fused-ring (bicyclic) bond motifs is 2. The second kappa shape index (κ2) is 5.14. The van der Waals surface area contributed by atoms with Gasteiger partial charge in [0, 0.05) is 22.8 Å². The van der Waals surface area contributed by atoms with Gasteiger partial charge in [0.1, 0.15) is 0 Å². The number of nitrogens with zero attached hydrogens (tertiary/aromatic N) is 2. The Labute approximate surface area is 131 Å². The van der Waals surface area contributed by atoms with Crippen molar-refractivity contribution in [2.75, 3.05) is 11.1 Å². The Morgan fingerprint density at radius 1 is 1.27 bits per heavy atom. The van der Waals surface area contributed by atoms with Crippen LogP contribution in [-0.2, 0) is 4.79 Å². The van der Waals surface area contributed by atoms with Crippen LogP contribution in [0.3, 0.4) is 0 Å². The highest BCUT2D eigenvalue weighted by atomic mass is 32.2. The quantitative estimate of drug-likeness (QED) is 0.725. The van der Waals surface area contributed by atoms with E-state index >= 15 is 0 Å². The molecule has 4 rings (SSSR count). The molecule has 5 nitrogen and oxygen atoms in total. The second-order valence-electron chi connectivity index (χ2n) is 5.27. The van der Waals surface area contributed by atoms with Crippen molar-refractivity contribution in [2.45, 2.75) is 12.2 Å². The lowest BCUT2D eigenvalue weighted by Crippen LogP contribution is -2.12. The molecule has 3 heterocycles. The minimum absolute atomic E-state index is 0.0152. The highest BCUT2D eigenvalue weighted by Crippen LogP contribution is 2.43. The van der Waals surface area contributed by atoms with Crippen LogP contribution >= 0.6 is 11.8 Å². The summed E-state index contributed by atoms with van der Waals surface area (Å²) in [4.78, 5) is 16.3. The third-order valence-corrected chi connectivity index (χ3v) is 5.11. The van der Waals surface area contributed by atoms with Gasteiger partial charge in [-0.2, -0.15) is 5.10 Å². The minimum atomic E-state index is -0.0152. The summed E-state index contributed by atoms with van der Waals surface area (Å²) >= 11 is 1.62. The molecule has 110 valence electrons. The molecule has 0 radical (unpaired) electrons. The molecule has 2 aromatic heterocycles. The van der Waals surface area contributed by atoms with Crippen molar-refractivity contribution < 1.29 is 4.79 Å². The van der Waals surface area contributed by atoms with Gasteiger partial charge in [-0.25, -0.2) is 0 Å². The van der Waals surface area contributed by atoms with Crippen LogP contribution in [0.2, 0.25) is 0 Å². The monoisotopic (exact) mass is 310 g/mol. The van der Waals surface area contributed by atoms with E-state index in [4.69, 9.17) is 0 Å². The molecule has 0 saturated heterocycles. The molecule has 1 atom stereocenters. The first kappa shape index (κ1) is 13.3. The number of aryl methyl sites for hydroxylation is 1. The summed E-state index contributed by atoms with van der Waals surface area (Å²) in [5.41, 5.74) is 4.16. The maximum atomic E-state index is 11.9. The Morgan fingerprint density at radius 2 is 2.14 bits per heavy atom. The molecule has 0 fully saturated rings. The molecule has 1 unspecified atom stereocenters. The van der Waals surface area contributed by atoms with Gasteiger partial charge in [-0.1, -0.05) is 18.2 Å². The van der Waals surface area contributed by atoms with E-state index in [-0.39, 0.29) is 11.2 Å². The van der Waals surface area contributed by atoms with Gasteiger partial charge in [0.15, 0.2) is 5.82 Å². The van der Waals surface area contributed by atoms with Crippen molar-refractivity contribution in [3.8, 4) is 0 Å². The van der Waals surface area contributed by atoms with Crippen molar-refractivity contribution in [1.29, 1.82) is 0 Å². The second-order valence-corrected chi connectivity index (χ2v) is 6.36. The maximum Gasteiger partial charge on any atom is 0.235 e. The van der Waals surface area contributed by atoms with Crippen LogP contribution in [0, 0.1) is 6.92 Å². The van der Waals surface area contributed by atoms with E-state index in [2.05, 4.69) is 26.6 Å². The standard InChI is InChI=1S/C16H14N4OS/c1-9-14-15(22-8-13(21)18-16(14)20-19-9)11-6-7-17-12-5-3-2-4-10(11)12/h2-7,15H,8H2,1H3,(H2,18,19,20,21). The lowest BCUT2D eigenvalue weighted by atomic mass is 10.0. The average molecular weight is 310 g/mol. The van der Waals surface area contributed by atoms with E-state index < -0.39 is 0 Å². The Hall–Kier alpha value is -2.34.